The topological polar surface area (TPSA) is 28.7 Å². The summed E-state index contributed by atoms with van der Waals surface area (Å²) in [4.78, 5) is 7.20. The Morgan fingerprint density at radius 3 is 2.39 bits per heavy atom. The number of hydrogen-bond acceptors (Lipinski definition) is 1. The molecule has 0 saturated carbocycles. The molecule has 0 aliphatic heterocycles. The van der Waals surface area contributed by atoms with E-state index in [1.54, 1.807) is 0 Å². The molecule has 0 bridgehead atoms. The highest BCUT2D eigenvalue weighted by Crippen LogP contribution is 2.23. The molecule has 0 aliphatic rings. The summed E-state index contributed by atoms with van der Waals surface area (Å²) in [5.74, 6) is -1.19. The normalized spacial score (nSPS) is 11.1. The van der Waals surface area contributed by atoms with Crippen LogP contribution in [0.5, 0.6) is 0 Å². The van der Waals surface area contributed by atoms with Crippen molar-refractivity contribution in [2.45, 2.75) is 0 Å². The summed E-state index contributed by atoms with van der Waals surface area (Å²) in [5.41, 5.74) is 1.74. The molecule has 3 rings (SSSR count). The lowest BCUT2D eigenvalue weighted by atomic mass is 10.2. The van der Waals surface area contributed by atoms with Gasteiger partial charge in [-0.2, -0.15) is 0 Å². The van der Waals surface area contributed by atoms with Crippen molar-refractivity contribution in [1.29, 1.82) is 0 Å². The minimum atomic E-state index is -0.892. The molecular weight excluding hydrogens is 302 g/mol. The first-order chi connectivity index (χ1) is 8.63. The number of nitrogens with zero attached hydrogens (tertiary/aromatic N) is 1. The summed E-state index contributed by atoms with van der Waals surface area (Å²) in [5, 5.41) is 0. The van der Waals surface area contributed by atoms with Gasteiger partial charge in [0.2, 0.25) is 0 Å². The van der Waals surface area contributed by atoms with Crippen LogP contribution in [0.3, 0.4) is 0 Å². The zero-order chi connectivity index (χ0) is 12.7. The maximum absolute atomic E-state index is 13.1. The van der Waals surface area contributed by atoms with Gasteiger partial charge >= 0.3 is 0 Å². The van der Waals surface area contributed by atoms with Gasteiger partial charge < -0.3 is 4.98 Å². The van der Waals surface area contributed by atoms with E-state index in [4.69, 9.17) is 0 Å². The lowest BCUT2D eigenvalue weighted by molar-refractivity contribution is 0.510. The smallest absolute Gasteiger partial charge is 0.161 e. The summed E-state index contributed by atoms with van der Waals surface area (Å²) in [6.07, 6.45) is 0. The van der Waals surface area contributed by atoms with Gasteiger partial charge in [-0.05, 0) is 12.1 Å². The van der Waals surface area contributed by atoms with Crippen molar-refractivity contribution in [1.82, 2.24) is 9.97 Å². The van der Waals surface area contributed by atoms with Crippen LogP contribution in [0.2, 0.25) is 0 Å². The molecule has 0 aliphatic carbocycles. The van der Waals surface area contributed by atoms with Gasteiger partial charge in [-0.1, -0.05) is 28.1 Å². The molecule has 3 aromatic rings. The molecule has 1 N–H and O–H groups in total. The molecule has 5 heteroatoms. The van der Waals surface area contributed by atoms with Gasteiger partial charge in [0.1, 0.15) is 5.82 Å². The summed E-state index contributed by atoms with van der Waals surface area (Å²) in [6.45, 7) is 0. The summed E-state index contributed by atoms with van der Waals surface area (Å²) < 4.78 is 27.1. The van der Waals surface area contributed by atoms with Gasteiger partial charge in [0.05, 0.1) is 11.0 Å². The van der Waals surface area contributed by atoms with Gasteiger partial charge in [-0.3, -0.25) is 0 Å². The number of imidazole rings is 1. The van der Waals surface area contributed by atoms with Crippen LogP contribution in [0.4, 0.5) is 8.78 Å². The highest BCUT2D eigenvalue weighted by Gasteiger charge is 2.09. The van der Waals surface area contributed by atoms with Crippen molar-refractivity contribution in [3.63, 3.8) is 0 Å². The standard InChI is InChI=1S/C13H7BrF2N2/c14-8-3-1-7(2-4-8)13-17-11-5-9(15)10(16)6-12(11)18-13/h1-6H,(H,17,18). The molecule has 0 unspecified atom stereocenters. The summed E-state index contributed by atoms with van der Waals surface area (Å²) in [7, 11) is 0. The van der Waals surface area contributed by atoms with Crippen LogP contribution in [0, 0.1) is 11.6 Å². The van der Waals surface area contributed by atoms with Crippen LogP contribution in [0.25, 0.3) is 22.4 Å². The molecule has 2 nitrogen and oxygen atoms in total. The summed E-state index contributed by atoms with van der Waals surface area (Å²) in [6, 6.07) is 9.69. The molecule has 0 fully saturated rings. The average Bonchev–Trinajstić information content (AvgIpc) is 2.73. The SMILES string of the molecule is Fc1cc2nc(-c3ccc(Br)cc3)[nH]c2cc1F. The van der Waals surface area contributed by atoms with E-state index < -0.39 is 11.6 Å². The van der Waals surface area contributed by atoms with Gasteiger partial charge in [0.15, 0.2) is 11.6 Å². The monoisotopic (exact) mass is 308 g/mol. The number of H-pyrrole nitrogens is 1. The molecule has 0 radical (unpaired) electrons. The Balaban J connectivity index is 2.16. The minimum Gasteiger partial charge on any atom is -0.338 e. The van der Waals surface area contributed by atoms with Crippen LogP contribution in [-0.2, 0) is 0 Å². The average molecular weight is 309 g/mol. The molecule has 0 spiro atoms. The van der Waals surface area contributed by atoms with Gasteiger partial charge in [0.25, 0.3) is 0 Å². The Hall–Kier alpha value is -1.75. The van der Waals surface area contributed by atoms with Crippen molar-refractivity contribution in [2.24, 2.45) is 0 Å². The zero-order valence-corrected chi connectivity index (χ0v) is 10.6. The maximum atomic E-state index is 13.1. The Bertz CT molecular complexity index is 681. The third-order valence-electron chi connectivity index (χ3n) is 2.64. The summed E-state index contributed by atoms with van der Waals surface area (Å²) >= 11 is 3.34. The van der Waals surface area contributed by atoms with Crippen molar-refractivity contribution >= 4 is 27.0 Å². The van der Waals surface area contributed by atoms with Crippen LogP contribution >= 0.6 is 15.9 Å². The molecule has 1 aromatic heterocycles. The lowest BCUT2D eigenvalue weighted by Gasteiger charge is -1.95. The van der Waals surface area contributed by atoms with E-state index in [0.29, 0.717) is 16.9 Å². The molecule has 18 heavy (non-hydrogen) atoms. The van der Waals surface area contributed by atoms with Crippen molar-refractivity contribution in [2.75, 3.05) is 0 Å². The Morgan fingerprint density at radius 1 is 1.00 bits per heavy atom. The first-order valence-electron chi connectivity index (χ1n) is 5.24. The van der Waals surface area contributed by atoms with E-state index in [2.05, 4.69) is 25.9 Å². The molecule has 90 valence electrons. The highest BCUT2D eigenvalue weighted by molar-refractivity contribution is 9.10. The highest BCUT2D eigenvalue weighted by atomic mass is 79.9. The van der Waals surface area contributed by atoms with Gasteiger partial charge in [0, 0.05) is 22.2 Å². The van der Waals surface area contributed by atoms with Crippen molar-refractivity contribution in [3.8, 4) is 11.4 Å². The molecule has 0 saturated heterocycles. The number of aromatic nitrogens is 2. The van der Waals surface area contributed by atoms with Crippen molar-refractivity contribution in [3.05, 3.63) is 52.5 Å². The van der Waals surface area contributed by atoms with Crippen molar-refractivity contribution < 1.29 is 8.78 Å². The second-order valence-electron chi connectivity index (χ2n) is 3.88. The van der Waals surface area contributed by atoms with Crippen LogP contribution in [0.1, 0.15) is 0 Å². The van der Waals surface area contributed by atoms with E-state index in [-0.39, 0.29) is 0 Å². The fourth-order valence-electron chi connectivity index (χ4n) is 1.75. The van der Waals surface area contributed by atoms with Crippen LogP contribution in [-0.4, -0.2) is 9.97 Å². The molecule has 0 amide bonds. The third-order valence-corrected chi connectivity index (χ3v) is 3.17. The number of aromatic amines is 1. The minimum absolute atomic E-state index is 0.409. The molecule has 1 heterocycles. The molecular formula is C13H7BrF2N2. The van der Waals surface area contributed by atoms with E-state index in [9.17, 15) is 8.78 Å². The maximum Gasteiger partial charge on any atom is 0.161 e. The van der Waals surface area contributed by atoms with Gasteiger partial charge in [-0.25, -0.2) is 13.8 Å². The Kier molecular flexibility index (Phi) is 2.63. The first kappa shape index (κ1) is 11.3. The number of rotatable bonds is 1. The lowest BCUT2D eigenvalue weighted by Crippen LogP contribution is -1.82. The van der Waals surface area contributed by atoms with Gasteiger partial charge in [-0.15, -0.1) is 0 Å². The third kappa shape index (κ3) is 1.90. The van der Waals surface area contributed by atoms with Crippen LogP contribution in [0.15, 0.2) is 40.9 Å². The molecule has 2 aromatic carbocycles. The number of benzene rings is 2. The quantitative estimate of drug-likeness (QED) is 0.714. The van der Waals surface area contributed by atoms with Crippen LogP contribution < -0.4 is 0 Å². The second kappa shape index (κ2) is 4.17. The van der Waals surface area contributed by atoms with E-state index >= 15 is 0 Å². The number of hydrogen-bond donors (Lipinski definition) is 1. The second-order valence-corrected chi connectivity index (χ2v) is 4.79. The van der Waals surface area contributed by atoms with E-state index in [0.717, 1.165) is 22.2 Å². The molecule has 0 atom stereocenters. The predicted molar refractivity (Wildman–Crippen MR) is 69.1 cm³/mol. The Morgan fingerprint density at radius 2 is 1.67 bits per heavy atom. The van der Waals surface area contributed by atoms with E-state index in [1.165, 1.54) is 0 Å². The van der Waals surface area contributed by atoms with E-state index in [1.807, 2.05) is 24.3 Å². The first-order valence-corrected chi connectivity index (χ1v) is 6.03. The fraction of sp³-hybridized carbons (Fsp3) is 0. The number of halogens is 3. The zero-order valence-electron chi connectivity index (χ0n) is 9.05. The number of fused-ring (bicyclic) bond motifs is 1. The fourth-order valence-corrected chi connectivity index (χ4v) is 2.01. The Labute approximate surface area is 110 Å². The predicted octanol–water partition coefficient (Wildman–Crippen LogP) is 4.27. The number of nitrogens with one attached hydrogen (secondary N) is 1. The largest absolute Gasteiger partial charge is 0.338 e.